The minimum Gasteiger partial charge on any atom is -0.368 e. The maximum atomic E-state index is 13.7. The predicted molar refractivity (Wildman–Crippen MR) is 112 cm³/mol. The second-order valence-corrected chi connectivity index (χ2v) is 8.84. The summed E-state index contributed by atoms with van der Waals surface area (Å²) in [5, 5.41) is 10.7. The highest BCUT2D eigenvalue weighted by atomic mass is 19.4. The number of amides is 1. The molecule has 0 aromatic carbocycles. The van der Waals surface area contributed by atoms with Crippen molar-refractivity contribution in [2.75, 3.05) is 6.61 Å². The van der Waals surface area contributed by atoms with Crippen molar-refractivity contribution in [3.05, 3.63) is 23.8 Å². The summed E-state index contributed by atoms with van der Waals surface area (Å²) >= 11 is 0. The molecule has 11 heteroatoms. The van der Waals surface area contributed by atoms with Crippen LogP contribution in [0.15, 0.2) is 28.8 Å². The molecular formula is C21H31F3N6O2. The van der Waals surface area contributed by atoms with Crippen LogP contribution in [0.25, 0.3) is 0 Å². The minimum absolute atomic E-state index is 0.0695. The van der Waals surface area contributed by atoms with Crippen molar-refractivity contribution in [1.82, 2.24) is 26.4 Å². The Morgan fingerprint density at radius 2 is 2.12 bits per heavy atom. The molecule has 6 atom stereocenters. The van der Waals surface area contributed by atoms with Gasteiger partial charge in [-0.25, -0.2) is 10.4 Å². The number of alkyl halides is 3. The minimum atomic E-state index is -4.20. The van der Waals surface area contributed by atoms with Crippen LogP contribution in [0.4, 0.5) is 13.2 Å². The van der Waals surface area contributed by atoms with Crippen molar-refractivity contribution >= 4 is 12.1 Å². The number of hydrogen-bond acceptors (Lipinski definition) is 7. The molecule has 4 aliphatic rings. The van der Waals surface area contributed by atoms with Gasteiger partial charge in [0.25, 0.3) is 5.91 Å². The zero-order valence-corrected chi connectivity index (χ0v) is 18.3. The number of rotatable bonds is 5. The van der Waals surface area contributed by atoms with Crippen molar-refractivity contribution in [2.45, 2.75) is 70.7 Å². The van der Waals surface area contributed by atoms with Crippen LogP contribution in [-0.4, -0.2) is 48.5 Å². The molecule has 0 aromatic rings. The van der Waals surface area contributed by atoms with E-state index in [9.17, 15) is 18.0 Å². The van der Waals surface area contributed by atoms with Gasteiger partial charge in [-0.1, -0.05) is 19.8 Å². The summed E-state index contributed by atoms with van der Waals surface area (Å²) in [6.45, 7) is 4.31. The molecule has 3 heterocycles. The quantitative estimate of drug-likeness (QED) is 0.508. The Bertz CT molecular complexity index is 799. The summed E-state index contributed by atoms with van der Waals surface area (Å²) in [5.41, 5.74) is 3.60. The molecule has 0 bridgehead atoms. The van der Waals surface area contributed by atoms with Crippen LogP contribution in [0.2, 0.25) is 0 Å². The second-order valence-electron chi connectivity index (χ2n) is 8.84. The van der Waals surface area contributed by atoms with Crippen LogP contribution < -0.4 is 21.4 Å². The molecule has 1 saturated heterocycles. The Morgan fingerprint density at radius 3 is 2.88 bits per heavy atom. The molecule has 1 aliphatic carbocycles. The summed E-state index contributed by atoms with van der Waals surface area (Å²) in [6.07, 6.45) is 2.57. The van der Waals surface area contributed by atoms with Gasteiger partial charge >= 0.3 is 6.18 Å². The van der Waals surface area contributed by atoms with E-state index in [4.69, 9.17) is 4.74 Å². The molecule has 2 fully saturated rings. The van der Waals surface area contributed by atoms with Crippen LogP contribution >= 0.6 is 0 Å². The average molecular weight is 457 g/mol. The topological polar surface area (TPSA) is 90.0 Å². The number of halogens is 3. The Morgan fingerprint density at radius 1 is 1.34 bits per heavy atom. The molecule has 0 aromatic heterocycles. The summed E-state index contributed by atoms with van der Waals surface area (Å²) < 4.78 is 46.5. The Balaban J connectivity index is 1.45. The Hall–Kier alpha value is -2.27. The first-order valence-electron chi connectivity index (χ1n) is 11.3. The third-order valence-corrected chi connectivity index (χ3v) is 6.70. The average Bonchev–Trinajstić information content (AvgIpc) is 3.18. The number of nitrogens with one attached hydrogen (secondary N) is 4. The lowest BCUT2D eigenvalue weighted by Gasteiger charge is -2.47. The molecular weight excluding hydrogens is 425 g/mol. The van der Waals surface area contributed by atoms with Crippen molar-refractivity contribution in [2.24, 2.45) is 22.7 Å². The van der Waals surface area contributed by atoms with E-state index in [1.807, 2.05) is 13.8 Å². The highest BCUT2D eigenvalue weighted by Crippen LogP contribution is 2.45. The standard InChI is InChI=1S/C21H31F3N6O2/c1-3-32-20-25-9-8-17(28-20)27-19(31)16-11-26-18-12(2)10-15(29-30(16)18)13-6-4-5-7-14(13)21(22,23)24/h8-9,11-15,18,20,26,28-29H,3-7,10H2,1-2H3,(H,27,31). The fraction of sp³-hybridized carbons (Fsp3) is 0.714. The van der Waals surface area contributed by atoms with Crippen LogP contribution in [-0.2, 0) is 9.53 Å². The highest BCUT2D eigenvalue weighted by molar-refractivity contribution is 5.94. The molecule has 1 saturated carbocycles. The normalized spacial score (nSPS) is 34.7. The third-order valence-electron chi connectivity index (χ3n) is 6.70. The van der Waals surface area contributed by atoms with Crippen LogP contribution in [0, 0.1) is 17.8 Å². The van der Waals surface area contributed by atoms with Gasteiger partial charge in [-0.05, 0) is 44.1 Å². The van der Waals surface area contributed by atoms with Gasteiger partial charge in [0.05, 0.1) is 5.92 Å². The largest absolute Gasteiger partial charge is 0.392 e. The zero-order chi connectivity index (χ0) is 22.9. The highest BCUT2D eigenvalue weighted by Gasteiger charge is 2.50. The molecule has 0 radical (unpaired) electrons. The van der Waals surface area contributed by atoms with E-state index in [2.05, 4.69) is 26.4 Å². The lowest BCUT2D eigenvalue weighted by molar-refractivity contribution is -0.203. The van der Waals surface area contributed by atoms with E-state index in [0.29, 0.717) is 37.4 Å². The fourth-order valence-electron chi connectivity index (χ4n) is 5.20. The number of nitrogens with zero attached hydrogens (tertiary/aromatic N) is 2. The monoisotopic (exact) mass is 456 g/mol. The molecule has 4 rings (SSSR count). The Kier molecular flexibility index (Phi) is 6.66. The van der Waals surface area contributed by atoms with E-state index in [-0.39, 0.29) is 30.5 Å². The van der Waals surface area contributed by atoms with Crippen molar-refractivity contribution < 1.29 is 22.7 Å². The smallest absolute Gasteiger partial charge is 0.368 e. The van der Waals surface area contributed by atoms with Gasteiger partial charge in [0.2, 0.25) is 6.35 Å². The van der Waals surface area contributed by atoms with E-state index in [0.717, 1.165) is 6.42 Å². The lowest BCUT2D eigenvalue weighted by atomic mass is 9.72. The molecule has 4 N–H and O–H groups in total. The molecule has 6 unspecified atom stereocenters. The lowest BCUT2D eigenvalue weighted by Crippen LogP contribution is -2.62. The number of hydrazine groups is 1. The summed E-state index contributed by atoms with van der Waals surface area (Å²) in [6, 6.07) is -0.342. The number of aliphatic imine (C=N–C) groups is 1. The van der Waals surface area contributed by atoms with Gasteiger partial charge < -0.3 is 20.7 Å². The zero-order valence-electron chi connectivity index (χ0n) is 18.3. The summed E-state index contributed by atoms with van der Waals surface area (Å²) in [5.74, 6) is -1.66. The van der Waals surface area contributed by atoms with Crippen molar-refractivity contribution in [3.8, 4) is 0 Å². The number of allylic oxidation sites excluding steroid dienone is 1. The maximum Gasteiger partial charge on any atom is 0.392 e. The number of hydrogen-bond donors (Lipinski definition) is 4. The van der Waals surface area contributed by atoms with Crippen LogP contribution in [0.1, 0.15) is 46.0 Å². The van der Waals surface area contributed by atoms with Crippen LogP contribution in [0.3, 0.4) is 0 Å². The van der Waals surface area contributed by atoms with Gasteiger partial charge in [-0.15, -0.1) is 0 Å². The van der Waals surface area contributed by atoms with Crippen molar-refractivity contribution in [3.63, 3.8) is 0 Å². The van der Waals surface area contributed by atoms with E-state index in [1.165, 1.54) is 0 Å². The summed E-state index contributed by atoms with van der Waals surface area (Å²) in [7, 11) is 0. The number of fused-ring (bicyclic) bond motifs is 1. The molecule has 32 heavy (non-hydrogen) atoms. The first-order chi connectivity index (χ1) is 15.3. The first-order valence-corrected chi connectivity index (χ1v) is 11.3. The number of carbonyl (C=O) groups is 1. The molecule has 0 spiro atoms. The SMILES string of the molecule is CCOC1N=CC=C(NC(=O)C2=CNC3C(C)CC(C4CCCCC4C(F)(F)F)NN23)N1. The van der Waals surface area contributed by atoms with E-state index >= 15 is 0 Å². The maximum absolute atomic E-state index is 13.7. The molecule has 178 valence electrons. The predicted octanol–water partition coefficient (Wildman–Crippen LogP) is 2.29. The van der Waals surface area contributed by atoms with Crippen LogP contribution in [0.5, 0.6) is 0 Å². The fourth-order valence-corrected chi connectivity index (χ4v) is 5.20. The number of carbonyl (C=O) groups excluding carboxylic acids is 1. The van der Waals surface area contributed by atoms with Crippen molar-refractivity contribution in [1.29, 1.82) is 0 Å². The second kappa shape index (κ2) is 9.30. The Labute approximate surface area is 185 Å². The summed E-state index contributed by atoms with van der Waals surface area (Å²) in [4.78, 5) is 17.1. The van der Waals surface area contributed by atoms with Gasteiger partial charge in [0.1, 0.15) is 17.7 Å². The number of ether oxygens (including phenoxy) is 1. The third kappa shape index (κ3) is 4.73. The van der Waals surface area contributed by atoms with Gasteiger partial charge in [-0.2, -0.15) is 13.2 Å². The molecule has 8 nitrogen and oxygen atoms in total. The van der Waals surface area contributed by atoms with Gasteiger partial charge in [0.15, 0.2) is 0 Å². The molecule has 3 aliphatic heterocycles. The van der Waals surface area contributed by atoms with E-state index < -0.39 is 24.4 Å². The first kappa shape index (κ1) is 22.9. The molecule has 1 amide bonds. The van der Waals surface area contributed by atoms with E-state index in [1.54, 1.807) is 23.5 Å². The van der Waals surface area contributed by atoms with Gasteiger partial charge in [-0.3, -0.25) is 9.80 Å². The van der Waals surface area contributed by atoms with Gasteiger partial charge in [0, 0.05) is 25.1 Å².